The first kappa shape index (κ1) is 25.0. The van der Waals surface area contributed by atoms with Gasteiger partial charge >= 0.3 is 6.03 Å². The van der Waals surface area contributed by atoms with Crippen molar-refractivity contribution in [1.82, 2.24) is 5.32 Å². The number of barbiturate groups is 1. The number of anilines is 1. The smallest absolute Gasteiger partial charge is 0.335 e. The van der Waals surface area contributed by atoms with Gasteiger partial charge in [-0.2, -0.15) is 0 Å². The normalized spacial score (nSPS) is 14.9. The zero-order valence-corrected chi connectivity index (χ0v) is 21.8. The number of nitrogens with one attached hydrogen (secondary N) is 1. The molecule has 0 bridgehead atoms. The van der Waals surface area contributed by atoms with Crippen molar-refractivity contribution in [2.24, 2.45) is 0 Å². The van der Waals surface area contributed by atoms with Gasteiger partial charge < -0.3 is 4.74 Å². The minimum Gasteiger partial charge on any atom is -0.488 e. The molecule has 35 heavy (non-hydrogen) atoms. The van der Waals surface area contributed by atoms with Gasteiger partial charge in [0.1, 0.15) is 17.9 Å². The number of hydrogen-bond acceptors (Lipinski definition) is 4. The molecule has 1 N–H and O–H groups in total. The number of carbonyl (C=O) groups is 3. The van der Waals surface area contributed by atoms with Crippen molar-refractivity contribution in [1.29, 1.82) is 0 Å². The van der Waals surface area contributed by atoms with Crippen LogP contribution in [0.25, 0.3) is 6.08 Å². The summed E-state index contributed by atoms with van der Waals surface area (Å²) in [6.45, 7) is 4.46. The van der Waals surface area contributed by atoms with Crippen molar-refractivity contribution in [3.63, 3.8) is 0 Å². The van der Waals surface area contributed by atoms with Gasteiger partial charge in [0.2, 0.25) is 0 Å². The van der Waals surface area contributed by atoms with Gasteiger partial charge in [-0.15, -0.1) is 0 Å². The molecule has 1 heterocycles. The molecule has 9 heteroatoms. The van der Waals surface area contributed by atoms with Crippen LogP contribution in [0.3, 0.4) is 0 Å². The molecule has 1 aliphatic heterocycles. The van der Waals surface area contributed by atoms with E-state index in [1.54, 1.807) is 18.2 Å². The monoisotopic (exact) mass is 572 g/mol. The third-order valence-electron chi connectivity index (χ3n) is 5.21. The van der Waals surface area contributed by atoms with Gasteiger partial charge in [-0.25, -0.2) is 9.69 Å². The molecule has 3 aromatic carbocycles. The lowest BCUT2D eigenvalue weighted by Crippen LogP contribution is -2.54. The molecule has 4 rings (SSSR count). The largest absolute Gasteiger partial charge is 0.488 e. The zero-order valence-electron chi connectivity index (χ0n) is 18.7. The number of rotatable bonds is 5. The number of halogens is 3. The molecule has 0 atom stereocenters. The van der Waals surface area contributed by atoms with E-state index in [2.05, 4.69) is 39.4 Å². The van der Waals surface area contributed by atoms with Gasteiger partial charge in [-0.1, -0.05) is 58.6 Å². The number of amides is 4. The highest BCUT2D eigenvalue weighted by atomic mass is 79.9. The summed E-state index contributed by atoms with van der Waals surface area (Å²) >= 11 is 15.5. The number of aryl methyl sites for hydroxylation is 2. The van der Waals surface area contributed by atoms with Gasteiger partial charge in [0, 0.05) is 0 Å². The Balaban J connectivity index is 1.57. The molecule has 0 aromatic heterocycles. The second-order valence-corrected chi connectivity index (χ2v) is 9.70. The highest BCUT2D eigenvalue weighted by Gasteiger charge is 2.37. The average Bonchev–Trinajstić information content (AvgIpc) is 2.77. The van der Waals surface area contributed by atoms with Crippen LogP contribution in [0.15, 0.2) is 64.6 Å². The Bertz CT molecular complexity index is 1380. The topological polar surface area (TPSA) is 75.7 Å². The standard InChI is InChI=1S/C26H19BrCl2N2O4/c1-14-7-15(2)9-17(8-14)13-35-23-6-3-16(11-20(23)27)10-19-24(32)30-26(34)31(25(19)33)18-4-5-21(28)22(29)12-18/h3-12H,13H2,1-2H3,(H,30,32,34)/b19-10+. The van der Waals surface area contributed by atoms with E-state index in [1.807, 2.05) is 13.8 Å². The van der Waals surface area contributed by atoms with Crippen molar-refractivity contribution >= 4 is 68.7 Å². The summed E-state index contributed by atoms with van der Waals surface area (Å²) in [5, 5.41) is 2.63. The summed E-state index contributed by atoms with van der Waals surface area (Å²) in [4.78, 5) is 38.8. The molecule has 1 aliphatic rings. The first-order chi connectivity index (χ1) is 16.6. The van der Waals surface area contributed by atoms with E-state index >= 15 is 0 Å². The van der Waals surface area contributed by atoms with Crippen LogP contribution < -0.4 is 15.0 Å². The molecule has 0 aliphatic carbocycles. The third kappa shape index (κ3) is 5.59. The summed E-state index contributed by atoms with van der Waals surface area (Å²) in [6.07, 6.45) is 1.41. The van der Waals surface area contributed by atoms with E-state index < -0.39 is 17.8 Å². The lowest BCUT2D eigenvalue weighted by molar-refractivity contribution is -0.122. The lowest BCUT2D eigenvalue weighted by atomic mass is 10.1. The first-order valence-electron chi connectivity index (χ1n) is 10.5. The summed E-state index contributed by atoms with van der Waals surface area (Å²) in [6, 6.07) is 14.9. The van der Waals surface area contributed by atoms with E-state index in [9.17, 15) is 14.4 Å². The number of ether oxygens (including phenoxy) is 1. The van der Waals surface area contributed by atoms with Gasteiger partial charge in [0.25, 0.3) is 11.8 Å². The Labute approximate surface area is 220 Å². The minimum atomic E-state index is -0.869. The van der Waals surface area contributed by atoms with Gasteiger partial charge in [0.15, 0.2) is 0 Å². The molecule has 4 amide bonds. The highest BCUT2D eigenvalue weighted by Crippen LogP contribution is 2.31. The van der Waals surface area contributed by atoms with E-state index in [0.29, 0.717) is 22.4 Å². The molecule has 6 nitrogen and oxygen atoms in total. The zero-order chi connectivity index (χ0) is 25.3. The van der Waals surface area contributed by atoms with E-state index in [4.69, 9.17) is 27.9 Å². The van der Waals surface area contributed by atoms with Crippen LogP contribution >= 0.6 is 39.1 Å². The maximum absolute atomic E-state index is 13.1. The van der Waals surface area contributed by atoms with Crippen molar-refractivity contribution in [2.45, 2.75) is 20.5 Å². The van der Waals surface area contributed by atoms with Crippen LogP contribution in [0, 0.1) is 13.8 Å². The number of urea groups is 1. The van der Waals surface area contributed by atoms with Crippen molar-refractivity contribution < 1.29 is 19.1 Å². The number of hydrogen-bond donors (Lipinski definition) is 1. The van der Waals surface area contributed by atoms with Crippen LogP contribution in [-0.2, 0) is 16.2 Å². The van der Waals surface area contributed by atoms with Crippen LogP contribution in [0.5, 0.6) is 5.75 Å². The Morgan fingerprint density at radius 1 is 0.943 bits per heavy atom. The molecule has 0 saturated carbocycles. The second-order valence-electron chi connectivity index (χ2n) is 8.03. The number of benzene rings is 3. The van der Waals surface area contributed by atoms with Crippen molar-refractivity contribution in [3.8, 4) is 5.75 Å². The average molecular weight is 574 g/mol. The summed E-state index contributed by atoms with van der Waals surface area (Å²) in [5.41, 5.74) is 3.93. The van der Waals surface area contributed by atoms with E-state index in [0.717, 1.165) is 21.6 Å². The summed E-state index contributed by atoms with van der Waals surface area (Å²) in [5.74, 6) is -0.954. The fraction of sp³-hybridized carbons (Fsp3) is 0.115. The molecule has 0 radical (unpaired) electrons. The maximum atomic E-state index is 13.1. The molecule has 178 valence electrons. The van der Waals surface area contributed by atoms with Crippen LogP contribution in [-0.4, -0.2) is 17.8 Å². The SMILES string of the molecule is Cc1cc(C)cc(COc2ccc(/C=C3\C(=O)NC(=O)N(c4ccc(Cl)c(Cl)c4)C3=O)cc2Br)c1. The lowest BCUT2D eigenvalue weighted by Gasteiger charge is -2.26. The predicted molar refractivity (Wildman–Crippen MR) is 140 cm³/mol. The third-order valence-corrected chi connectivity index (χ3v) is 6.56. The first-order valence-corrected chi connectivity index (χ1v) is 12.0. The van der Waals surface area contributed by atoms with Gasteiger partial charge in [-0.05, 0) is 77.3 Å². The quantitative estimate of drug-likeness (QED) is 0.275. The van der Waals surface area contributed by atoms with Crippen LogP contribution in [0.1, 0.15) is 22.3 Å². The number of imide groups is 2. The van der Waals surface area contributed by atoms with Gasteiger partial charge in [0.05, 0.1) is 20.2 Å². The fourth-order valence-corrected chi connectivity index (χ4v) is 4.52. The summed E-state index contributed by atoms with van der Waals surface area (Å²) < 4.78 is 6.59. The molecule has 0 spiro atoms. The molecule has 3 aromatic rings. The van der Waals surface area contributed by atoms with Gasteiger partial charge in [-0.3, -0.25) is 14.9 Å². The highest BCUT2D eigenvalue weighted by molar-refractivity contribution is 9.10. The van der Waals surface area contributed by atoms with Crippen molar-refractivity contribution in [3.05, 3.63) is 96.9 Å². The van der Waals surface area contributed by atoms with Crippen LogP contribution in [0.2, 0.25) is 10.0 Å². The van der Waals surface area contributed by atoms with Crippen molar-refractivity contribution in [2.75, 3.05) is 4.90 Å². The fourth-order valence-electron chi connectivity index (χ4n) is 3.72. The Morgan fingerprint density at radius 2 is 1.66 bits per heavy atom. The molecule has 1 saturated heterocycles. The van der Waals surface area contributed by atoms with Crippen LogP contribution in [0.4, 0.5) is 10.5 Å². The Morgan fingerprint density at radius 3 is 2.31 bits per heavy atom. The second kappa shape index (κ2) is 10.2. The van der Waals surface area contributed by atoms with E-state index in [-0.39, 0.29) is 21.3 Å². The molecular formula is C26H19BrCl2N2O4. The molecule has 1 fully saturated rings. The molecular weight excluding hydrogens is 555 g/mol. The maximum Gasteiger partial charge on any atom is 0.335 e. The Hall–Kier alpha value is -3.13. The Kier molecular flexibility index (Phi) is 7.31. The minimum absolute atomic E-state index is 0.174. The van der Waals surface area contributed by atoms with E-state index in [1.165, 1.54) is 24.3 Å². The number of nitrogens with zero attached hydrogens (tertiary/aromatic N) is 1. The molecule has 0 unspecified atom stereocenters. The predicted octanol–water partition coefficient (Wildman–Crippen LogP) is 6.62. The number of carbonyl (C=O) groups excluding carboxylic acids is 3. The summed E-state index contributed by atoms with van der Waals surface area (Å²) in [7, 11) is 0.